The Hall–Kier alpha value is -4.91. The Labute approximate surface area is 245 Å². The fraction of sp³-hybridized carbons (Fsp3) is 0.367. The Morgan fingerprint density at radius 3 is 1.95 bits per heavy atom. The van der Waals surface area contributed by atoms with Gasteiger partial charge in [-0.25, -0.2) is 4.79 Å². The van der Waals surface area contributed by atoms with Crippen LogP contribution in [-0.4, -0.2) is 68.3 Å². The summed E-state index contributed by atoms with van der Waals surface area (Å²) in [5.74, 6) is -2.17. The molecule has 1 aliphatic rings. The van der Waals surface area contributed by atoms with Crippen LogP contribution >= 0.6 is 0 Å². The molecule has 1 saturated heterocycles. The third-order valence-electron chi connectivity index (χ3n) is 6.32. The van der Waals surface area contributed by atoms with E-state index in [1.807, 2.05) is 0 Å². The van der Waals surface area contributed by atoms with Gasteiger partial charge in [-0.1, -0.05) is 12.1 Å². The molecule has 0 saturated carbocycles. The van der Waals surface area contributed by atoms with E-state index in [0.717, 1.165) is 26.3 Å². The number of esters is 4. The molecule has 0 N–H and O–H groups in total. The van der Waals surface area contributed by atoms with Gasteiger partial charge in [-0.2, -0.15) is 0 Å². The van der Waals surface area contributed by atoms with Crippen molar-refractivity contribution in [3.05, 3.63) is 59.0 Å². The van der Waals surface area contributed by atoms with Gasteiger partial charge < -0.3 is 37.6 Å². The Kier molecular flexibility index (Phi) is 9.66. The lowest BCUT2D eigenvalue weighted by molar-refractivity contribution is -0.288. The molecule has 0 spiro atoms. The standard InChI is InChI=1S/C30H30O13/c1-15(31)37-14-25-27(38-16(2)32)28(39-17(3)33)29(40-18(4)34)30(43-25)41-21-10-11-22-23(13-26(35)42-24(22)12-21)19-6-8-20(36-5)9-7-19/h6-13,25,27-30H,14H2,1-5H3. The first-order valence-electron chi connectivity index (χ1n) is 13.1. The Morgan fingerprint density at radius 2 is 1.35 bits per heavy atom. The average molecular weight is 599 g/mol. The van der Waals surface area contributed by atoms with E-state index >= 15 is 0 Å². The molecule has 13 heteroatoms. The lowest BCUT2D eigenvalue weighted by Crippen LogP contribution is -2.63. The second-order valence-electron chi connectivity index (χ2n) is 9.55. The van der Waals surface area contributed by atoms with Crippen molar-refractivity contribution in [2.45, 2.75) is 58.4 Å². The van der Waals surface area contributed by atoms with Crippen molar-refractivity contribution in [3.8, 4) is 22.6 Å². The van der Waals surface area contributed by atoms with Crippen molar-refractivity contribution in [1.82, 2.24) is 0 Å². The minimum atomic E-state index is -1.45. The third-order valence-corrected chi connectivity index (χ3v) is 6.32. The van der Waals surface area contributed by atoms with Crippen molar-refractivity contribution in [1.29, 1.82) is 0 Å². The second-order valence-corrected chi connectivity index (χ2v) is 9.55. The molecular weight excluding hydrogens is 568 g/mol. The summed E-state index contributed by atoms with van der Waals surface area (Å²) in [6, 6.07) is 13.2. The van der Waals surface area contributed by atoms with E-state index in [4.69, 9.17) is 37.6 Å². The largest absolute Gasteiger partial charge is 0.497 e. The predicted molar refractivity (Wildman–Crippen MR) is 147 cm³/mol. The fourth-order valence-corrected chi connectivity index (χ4v) is 4.64. The molecule has 2 heterocycles. The number of carbonyl (C=O) groups excluding carboxylic acids is 4. The Morgan fingerprint density at radius 1 is 0.744 bits per heavy atom. The fourth-order valence-electron chi connectivity index (χ4n) is 4.64. The molecule has 13 nitrogen and oxygen atoms in total. The van der Waals surface area contributed by atoms with Crippen molar-refractivity contribution >= 4 is 34.8 Å². The predicted octanol–water partition coefficient (Wildman–Crippen LogP) is 2.93. The van der Waals surface area contributed by atoms with Gasteiger partial charge in [0.15, 0.2) is 12.2 Å². The van der Waals surface area contributed by atoms with Crippen LogP contribution in [0.3, 0.4) is 0 Å². The first-order chi connectivity index (χ1) is 20.4. The topological polar surface area (TPSA) is 163 Å². The van der Waals surface area contributed by atoms with E-state index in [9.17, 15) is 24.0 Å². The quantitative estimate of drug-likeness (QED) is 0.201. The molecule has 4 rings (SSSR count). The molecule has 0 amide bonds. The van der Waals surface area contributed by atoms with Crippen LogP contribution in [0.25, 0.3) is 22.1 Å². The van der Waals surface area contributed by atoms with Gasteiger partial charge in [0, 0.05) is 45.2 Å². The summed E-state index contributed by atoms with van der Waals surface area (Å²) in [4.78, 5) is 60.1. The normalized spacial score (nSPS) is 21.4. The number of methoxy groups -OCH3 is 1. The van der Waals surface area contributed by atoms with Gasteiger partial charge in [-0.05, 0) is 35.4 Å². The number of hydrogen-bond acceptors (Lipinski definition) is 13. The van der Waals surface area contributed by atoms with Crippen LogP contribution in [0.2, 0.25) is 0 Å². The van der Waals surface area contributed by atoms with Gasteiger partial charge in [-0.15, -0.1) is 0 Å². The SMILES string of the molecule is COc1ccc(-c2cc(=O)oc3cc(OC4OC(COC(C)=O)C(OC(C)=O)C(OC(C)=O)C4OC(C)=O)ccc23)cc1. The maximum absolute atomic E-state index is 12.5. The Balaban J connectivity index is 1.73. The van der Waals surface area contributed by atoms with Gasteiger partial charge >= 0.3 is 29.5 Å². The highest BCUT2D eigenvalue weighted by molar-refractivity contribution is 5.93. The summed E-state index contributed by atoms with van der Waals surface area (Å²) in [5.41, 5.74) is 0.920. The molecule has 0 aliphatic carbocycles. The molecule has 1 aromatic heterocycles. The second kappa shape index (κ2) is 13.4. The van der Waals surface area contributed by atoms with Crippen LogP contribution in [0.1, 0.15) is 27.7 Å². The molecule has 5 atom stereocenters. The first-order valence-corrected chi connectivity index (χ1v) is 13.1. The van der Waals surface area contributed by atoms with Crippen LogP contribution in [-0.2, 0) is 42.9 Å². The minimum absolute atomic E-state index is 0.128. The van der Waals surface area contributed by atoms with Crippen LogP contribution in [0, 0.1) is 0 Å². The van der Waals surface area contributed by atoms with Gasteiger partial charge in [0.1, 0.15) is 29.8 Å². The van der Waals surface area contributed by atoms with E-state index in [-0.39, 0.29) is 11.3 Å². The molecule has 228 valence electrons. The number of benzene rings is 2. The van der Waals surface area contributed by atoms with E-state index in [2.05, 4.69) is 0 Å². The van der Waals surface area contributed by atoms with Gasteiger partial charge in [-0.3, -0.25) is 19.2 Å². The minimum Gasteiger partial charge on any atom is -0.497 e. The zero-order valence-corrected chi connectivity index (χ0v) is 24.0. The monoisotopic (exact) mass is 598 g/mol. The number of ether oxygens (including phenoxy) is 7. The molecule has 1 aliphatic heterocycles. The lowest BCUT2D eigenvalue weighted by Gasteiger charge is -2.43. The van der Waals surface area contributed by atoms with E-state index in [1.165, 1.54) is 19.1 Å². The lowest BCUT2D eigenvalue weighted by atomic mass is 9.98. The Bertz CT molecular complexity index is 1560. The zero-order chi connectivity index (χ0) is 31.3. The maximum atomic E-state index is 12.5. The van der Waals surface area contributed by atoms with Gasteiger partial charge in [0.25, 0.3) is 0 Å². The van der Waals surface area contributed by atoms with Crippen molar-refractivity contribution in [3.63, 3.8) is 0 Å². The van der Waals surface area contributed by atoms with Gasteiger partial charge in [0.05, 0.1) is 7.11 Å². The summed E-state index contributed by atoms with van der Waals surface area (Å²) in [7, 11) is 1.55. The molecule has 0 radical (unpaired) electrons. The summed E-state index contributed by atoms with van der Waals surface area (Å²) in [6.07, 6.45) is -6.78. The first kappa shape index (κ1) is 31.0. The van der Waals surface area contributed by atoms with Crippen LogP contribution in [0.4, 0.5) is 0 Å². The van der Waals surface area contributed by atoms with Crippen LogP contribution in [0.5, 0.6) is 11.5 Å². The molecule has 1 fully saturated rings. The number of hydrogen-bond donors (Lipinski definition) is 0. The van der Waals surface area contributed by atoms with Gasteiger partial charge in [0.2, 0.25) is 12.4 Å². The molecular formula is C30H30O13. The highest BCUT2D eigenvalue weighted by atomic mass is 16.7. The average Bonchev–Trinajstić information content (AvgIpc) is 2.94. The molecule has 0 bridgehead atoms. The number of fused-ring (bicyclic) bond motifs is 1. The van der Waals surface area contributed by atoms with E-state index < -0.39 is 66.8 Å². The molecule has 2 aromatic carbocycles. The molecule has 43 heavy (non-hydrogen) atoms. The van der Waals surface area contributed by atoms with Crippen LogP contribution < -0.4 is 15.1 Å². The number of rotatable bonds is 9. The summed E-state index contributed by atoms with van der Waals surface area (Å²) in [6.45, 7) is 4.13. The smallest absolute Gasteiger partial charge is 0.336 e. The summed E-state index contributed by atoms with van der Waals surface area (Å²) < 4.78 is 44.0. The summed E-state index contributed by atoms with van der Waals surface area (Å²) in [5, 5.41) is 0.596. The molecule has 5 unspecified atom stereocenters. The highest BCUT2D eigenvalue weighted by Gasteiger charge is 2.53. The van der Waals surface area contributed by atoms with E-state index in [0.29, 0.717) is 16.7 Å². The van der Waals surface area contributed by atoms with Crippen molar-refractivity contribution in [2.24, 2.45) is 0 Å². The summed E-state index contributed by atoms with van der Waals surface area (Å²) >= 11 is 0. The molecule has 3 aromatic rings. The highest BCUT2D eigenvalue weighted by Crippen LogP contribution is 2.34. The maximum Gasteiger partial charge on any atom is 0.336 e. The van der Waals surface area contributed by atoms with Crippen molar-refractivity contribution < 1.29 is 56.8 Å². The zero-order valence-electron chi connectivity index (χ0n) is 24.0. The number of carbonyl (C=O) groups is 4. The third kappa shape index (κ3) is 7.68. The van der Waals surface area contributed by atoms with Crippen molar-refractivity contribution in [2.75, 3.05) is 13.7 Å². The van der Waals surface area contributed by atoms with Crippen LogP contribution in [0.15, 0.2) is 57.7 Å². The van der Waals surface area contributed by atoms with E-state index in [1.54, 1.807) is 43.5 Å².